The molecule has 1 aliphatic rings. The van der Waals surface area contributed by atoms with Gasteiger partial charge in [-0.2, -0.15) is 5.26 Å². The summed E-state index contributed by atoms with van der Waals surface area (Å²) in [4.78, 5) is 12.8. The van der Waals surface area contributed by atoms with Gasteiger partial charge in [0.05, 0.1) is 18.1 Å². The molecule has 0 aliphatic carbocycles. The van der Waals surface area contributed by atoms with Crippen LogP contribution in [0.5, 0.6) is 23.0 Å². The van der Waals surface area contributed by atoms with Gasteiger partial charge < -0.3 is 24.7 Å². The predicted molar refractivity (Wildman–Crippen MR) is 155 cm³/mol. The van der Waals surface area contributed by atoms with Crippen LogP contribution in [0.15, 0.2) is 102 Å². The fraction of sp³-hybridized carbons (Fsp3) is 0.152. The summed E-state index contributed by atoms with van der Waals surface area (Å²) in [6.07, 6.45) is 0.893. The molecule has 206 valence electrons. The second-order valence-electron chi connectivity index (χ2n) is 9.37. The molecular formula is C33H27ClN2O5. The third kappa shape index (κ3) is 6.46. The molecule has 0 fully saturated rings. The number of halogens is 1. The Labute approximate surface area is 243 Å². The van der Waals surface area contributed by atoms with Crippen molar-refractivity contribution in [1.29, 1.82) is 5.26 Å². The van der Waals surface area contributed by atoms with Crippen molar-refractivity contribution in [3.05, 3.63) is 130 Å². The van der Waals surface area contributed by atoms with Crippen molar-refractivity contribution in [1.82, 2.24) is 0 Å². The molecule has 0 aromatic heterocycles. The molecule has 1 unspecified atom stereocenters. The molecule has 0 saturated carbocycles. The Morgan fingerprint density at radius 3 is 2.44 bits per heavy atom. The van der Waals surface area contributed by atoms with Gasteiger partial charge in [0.15, 0.2) is 0 Å². The van der Waals surface area contributed by atoms with E-state index in [1.54, 1.807) is 42.5 Å². The largest absolute Gasteiger partial charge is 0.494 e. The first-order chi connectivity index (χ1) is 19.9. The lowest BCUT2D eigenvalue weighted by molar-refractivity contribution is 0.0734. The first-order valence-electron chi connectivity index (χ1n) is 13.1. The second-order valence-corrected chi connectivity index (χ2v) is 9.81. The van der Waals surface area contributed by atoms with Gasteiger partial charge in [-0.05, 0) is 72.1 Å². The van der Waals surface area contributed by atoms with Crippen molar-refractivity contribution in [2.75, 3.05) is 6.61 Å². The van der Waals surface area contributed by atoms with Crippen LogP contribution in [0.1, 0.15) is 46.3 Å². The minimum absolute atomic E-state index is 0.0105. The Hall–Kier alpha value is -4.93. The van der Waals surface area contributed by atoms with Crippen LogP contribution in [0.25, 0.3) is 0 Å². The van der Waals surface area contributed by atoms with Crippen molar-refractivity contribution >= 4 is 17.6 Å². The molecule has 0 bridgehead atoms. The van der Waals surface area contributed by atoms with Crippen LogP contribution in [0.4, 0.5) is 0 Å². The van der Waals surface area contributed by atoms with Crippen LogP contribution in [-0.4, -0.2) is 12.6 Å². The van der Waals surface area contributed by atoms with E-state index in [4.69, 9.17) is 36.3 Å². The first kappa shape index (κ1) is 27.6. The lowest BCUT2D eigenvalue weighted by Gasteiger charge is -2.27. The zero-order valence-electron chi connectivity index (χ0n) is 22.3. The molecule has 0 spiro atoms. The van der Waals surface area contributed by atoms with Gasteiger partial charge in [0.25, 0.3) is 0 Å². The van der Waals surface area contributed by atoms with E-state index in [9.17, 15) is 10.1 Å². The standard InChI is InChI=1S/C33H27ClN2O5/c1-2-16-38-25-12-8-22(9-13-25)33(37)40-27-14-15-28-30(18-27)41-32(36)29(19-35)31(28)23-4-3-5-26(17-23)39-20-21-6-10-24(34)11-7-21/h3-15,17-18,31H,2,16,20,36H2,1H3. The Bertz CT molecular complexity index is 1630. The average Bonchev–Trinajstić information content (AvgIpc) is 2.99. The maximum atomic E-state index is 12.8. The highest BCUT2D eigenvalue weighted by Crippen LogP contribution is 2.44. The van der Waals surface area contributed by atoms with Crippen molar-refractivity contribution in [3.63, 3.8) is 0 Å². The maximum absolute atomic E-state index is 12.8. The van der Waals surface area contributed by atoms with Gasteiger partial charge >= 0.3 is 5.97 Å². The van der Waals surface area contributed by atoms with E-state index < -0.39 is 11.9 Å². The summed E-state index contributed by atoms with van der Waals surface area (Å²) >= 11 is 5.98. The van der Waals surface area contributed by atoms with Gasteiger partial charge in [-0.25, -0.2) is 4.79 Å². The average molecular weight is 567 g/mol. The van der Waals surface area contributed by atoms with Crippen LogP contribution in [0.2, 0.25) is 5.02 Å². The predicted octanol–water partition coefficient (Wildman–Crippen LogP) is 7.15. The zero-order chi connectivity index (χ0) is 28.8. The van der Waals surface area contributed by atoms with E-state index >= 15 is 0 Å². The normalized spacial score (nSPS) is 13.9. The van der Waals surface area contributed by atoms with Gasteiger partial charge in [0, 0.05) is 16.7 Å². The van der Waals surface area contributed by atoms with Gasteiger partial charge in [-0.1, -0.05) is 48.9 Å². The minimum atomic E-state index is -0.522. The fourth-order valence-corrected chi connectivity index (χ4v) is 4.57. The van der Waals surface area contributed by atoms with Crippen LogP contribution in [0.3, 0.4) is 0 Å². The maximum Gasteiger partial charge on any atom is 0.343 e. The molecule has 1 aliphatic heterocycles. The fourth-order valence-electron chi connectivity index (χ4n) is 4.45. The van der Waals surface area contributed by atoms with Gasteiger partial charge in [0.2, 0.25) is 5.88 Å². The van der Waals surface area contributed by atoms with E-state index in [-0.39, 0.29) is 17.2 Å². The lowest BCUT2D eigenvalue weighted by atomic mass is 9.83. The number of carbonyl (C=O) groups is 1. The summed E-state index contributed by atoms with van der Waals surface area (Å²) in [6.45, 7) is 2.99. The number of nitriles is 1. The third-order valence-electron chi connectivity index (χ3n) is 6.47. The number of hydrogen-bond acceptors (Lipinski definition) is 7. The molecule has 1 heterocycles. The molecular weight excluding hydrogens is 540 g/mol. The van der Waals surface area contributed by atoms with E-state index in [0.717, 1.165) is 17.5 Å². The molecule has 0 radical (unpaired) electrons. The van der Waals surface area contributed by atoms with E-state index in [0.29, 0.717) is 46.6 Å². The molecule has 4 aromatic carbocycles. The molecule has 8 heteroatoms. The Kier molecular flexibility index (Phi) is 8.42. The summed E-state index contributed by atoms with van der Waals surface area (Å²) in [6, 6.07) is 28.9. The first-order valence-corrected chi connectivity index (χ1v) is 13.5. The van der Waals surface area contributed by atoms with Gasteiger partial charge in [-0.3, -0.25) is 0 Å². The van der Waals surface area contributed by atoms with Crippen LogP contribution >= 0.6 is 11.6 Å². The van der Waals surface area contributed by atoms with Crippen LogP contribution < -0.4 is 24.7 Å². The number of esters is 1. The van der Waals surface area contributed by atoms with Crippen molar-refractivity contribution in [3.8, 4) is 29.1 Å². The Morgan fingerprint density at radius 2 is 1.71 bits per heavy atom. The summed E-state index contributed by atoms with van der Waals surface area (Å²) in [5.74, 6) is 0.974. The third-order valence-corrected chi connectivity index (χ3v) is 6.73. The smallest absolute Gasteiger partial charge is 0.343 e. The Balaban J connectivity index is 1.36. The number of carbonyl (C=O) groups excluding carboxylic acids is 1. The number of nitrogens with zero attached hydrogens (tertiary/aromatic N) is 1. The molecule has 7 nitrogen and oxygen atoms in total. The second kappa shape index (κ2) is 12.5. The van der Waals surface area contributed by atoms with Gasteiger partial charge in [0.1, 0.15) is 41.2 Å². The summed E-state index contributed by atoms with van der Waals surface area (Å²) in [7, 11) is 0. The zero-order valence-corrected chi connectivity index (χ0v) is 23.1. The molecule has 5 rings (SSSR count). The Morgan fingerprint density at radius 1 is 0.951 bits per heavy atom. The molecule has 2 N–H and O–H groups in total. The highest BCUT2D eigenvalue weighted by molar-refractivity contribution is 6.30. The van der Waals surface area contributed by atoms with Gasteiger partial charge in [-0.15, -0.1) is 0 Å². The molecule has 1 atom stereocenters. The van der Waals surface area contributed by atoms with Crippen molar-refractivity contribution < 1.29 is 23.7 Å². The van der Waals surface area contributed by atoms with E-state index in [1.165, 1.54) is 0 Å². The number of allylic oxidation sites excluding steroid dienone is 1. The summed E-state index contributed by atoms with van der Waals surface area (Å²) in [5, 5.41) is 10.6. The quantitative estimate of drug-likeness (QED) is 0.169. The number of ether oxygens (including phenoxy) is 4. The molecule has 0 amide bonds. The van der Waals surface area contributed by atoms with E-state index in [2.05, 4.69) is 6.07 Å². The highest BCUT2D eigenvalue weighted by atomic mass is 35.5. The van der Waals surface area contributed by atoms with Crippen LogP contribution in [-0.2, 0) is 6.61 Å². The number of rotatable bonds is 9. The van der Waals surface area contributed by atoms with E-state index in [1.807, 2.05) is 55.5 Å². The number of fused-ring (bicyclic) bond motifs is 1. The summed E-state index contributed by atoms with van der Waals surface area (Å²) in [5.41, 5.74) is 9.33. The topological polar surface area (TPSA) is 104 Å². The SMILES string of the molecule is CCCOc1ccc(C(=O)Oc2ccc3c(c2)OC(N)=C(C#N)C3c2cccc(OCc3ccc(Cl)cc3)c2)cc1. The number of nitrogens with two attached hydrogens (primary N) is 1. The lowest BCUT2D eigenvalue weighted by Crippen LogP contribution is -2.21. The molecule has 0 saturated heterocycles. The highest BCUT2D eigenvalue weighted by Gasteiger charge is 2.31. The molecule has 41 heavy (non-hydrogen) atoms. The molecule has 4 aromatic rings. The van der Waals surface area contributed by atoms with Crippen molar-refractivity contribution in [2.24, 2.45) is 5.73 Å². The summed E-state index contributed by atoms with van der Waals surface area (Å²) < 4.78 is 23.0. The monoisotopic (exact) mass is 566 g/mol. The number of hydrogen-bond donors (Lipinski definition) is 1. The minimum Gasteiger partial charge on any atom is -0.494 e. The van der Waals surface area contributed by atoms with Crippen LogP contribution in [0, 0.1) is 11.3 Å². The number of benzene rings is 4. The van der Waals surface area contributed by atoms with Crippen molar-refractivity contribution in [2.45, 2.75) is 25.9 Å².